The molecule has 0 aromatic carbocycles. The largest absolute Gasteiger partial charge is 0.326 e. The second kappa shape index (κ2) is 8.96. The van der Waals surface area contributed by atoms with Crippen LogP contribution < -0.4 is 15.8 Å². The zero-order valence-electron chi connectivity index (χ0n) is 13.2. The van der Waals surface area contributed by atoms with Gasteiger partial charge in [0.2, 0.25) is 5.91 Å². The minimum absolute atomic E-state index is 0.0227. The minimum atomic E-state index is 0.0227. The molecule has 0 atom stereocenters. The predicted octanol–water partition coefficient (Wildman–Crippen LogP) is 3.43. The van der Waals surface area contributed by atoms with Crippen molar-refractivity contribution in [3.63, 3.8) is 0 Å². The molecule has 3 nitrogen and oxygen atoms in total. The number of carbonyl (C=O) groups is 1. The molecule has 0 radical (unpaired) electrons. The van der Waals surface area contributed by atoms with Gasteiger partial charge in [0, 0.05) is 16.8 Å². The molecule has 2 rings (SSSR count). The van der Waals surface area contributed by atoms with Crippen LogP contribution in [0, 0.1) is 5.92 Å². The lowest BCUT2D eigenvalue weighted by atomic mass is 10.2. The number of pyridine rings is 1. The second-order valence-corrected chi connectivity index (χ2v) is 5.91. The maximum Gasteiger partial charge on any atom is 0.227 e. The smallest absolute Gasteiger partial charge is 0.227 e. The van der Waals surface area contributed by atoms with E-state index in [1.54, 1.807) is 12.1 Å². The summed E-state index contributed by atoms with van der Waals surface area (Å²) in [5.74, 6) is 0.168. The van der Waals surface area contributed by atoms with Gasteiger partial charge in [0.25, 0.3) is 0 Å². The molecule has 0 bridgehead atoms. The number of hydrogen-bond donors (Lipinski definition) is 1. The first kappa shape index (κ1) is 18.7. The summed E-state index contributed by atoms with van der Waals surface area (Å²) in [5.41, 5.74) is 0.526. The molecule has 5 heteroatoms. The summed E-state index contributed by atoms with van der Waals surface area (Å²) in [4.78, 5) is 15.6. The van der Waals surface area contributed by atoms with E-state index in [0.29, 0.717) is 16.0 Å². The van der Waals surface area contributed by atoms with Crippen LogP contribution in [0.3, 0.4) is 0 Å². The van der Waals surface area contributed by atoms with E-state index in [2.05, 4.69) is 30.7 Å². The highest BCUT2D eigenvalue weighted by Gasteiger charge is 2.29. The molecule has 1 heterocycles. The molecule has 120 valence electrons. The lowest BCUT2D eigenvalue weighted by Crippen LogP contribution is -2.29. The number of rotatable bonds is 3. The van der Waals surface area contributed by atoms with Gasteiger partial charge < -0.3 is 5.32 Å². The van der Waals surface area contributed by atoms with E-state index in [4.69, 9.17) is 23.2 Å². The third-order valence-electron chi connectivity index (χ3n) is 2.86. The molecule has 1 saturated carbocycles. The highest BCUT2D eigenvalue weighted by atomic mass is 35.5. The fourth-order valence-corrected chi connectivity index (χ4v) is 2.30. The van der Waals surface area contributed by atoms with Gasteiger partial charge in [0.1, 0.15) is 10.3 Å². The van der Waals surface area contributed by atoms with Crippen molar-refractivity contribution in [2.45, 2.75) is 40.0 Å². The maximum absolute atomic E-state index is 11.6. The number of nitrogens with zero attached hydrogens (tertiary/aromatic N) is 1. The van der Waals surface area contributed by atoms with Crippen molar-refractivity contribution in [3.05, 3.63) is 39.1 Å². The summed E-state index contributed by atoms with van der Waals surface area (Å²) in [6, 6.07) is 1.69. The molecule has 0 unspecified atom stereocenters. The molecule has 1 aliphatic rings. The van der Waals surface area contributed by atoms with Crippen LogP contribution in [0.1, 0.15) is 40.0 Å². The van der Waals surface area contributed by atoms with Gasteiger partial charge in [-0.3, -0.25) is 4.79 Å². The van der Waals surface area contributed by atoms with E-state index in [9.17, 15) is 4.79 Å². The van der Waals surface area contributed by atoms with Crippen molar-refractivity contribution in [1.29, 1.82) is 0 Å². The summed E-state index contributed by atoms with van der Waals surface area (Å²) < 4.78 is 0. The van der Waals surface area contributed by atoms with Gasteiger partial charge >= 0.3 is 0 Å². The topological polar surface area (TPSA) is 42.0 Å². The highest BCUT2D eigenvalue weighted by molar-refractivity contribution is 6.32. The van der Waals surface area contributed by atoms with Gasteiger partial charge in [-0.1, -0.05) is 56.1 Å². The lowest BCUT2D eigenvalue weighted by molar-refractivity contribution is -0.121. The Morgan fingerprint density at radius 1 is 1.45 bits per heavy atom. The highest BCUT2D eigenvalue weighted by Crippen LogP contribution is 2.28. The molecule has 0 aliphatic heterocycles. The van der Waals surface area contributed by atoms with Crippen molar-refractivity contribution >= 4 is 41.3 Å². The molecule has 0 saturated heterocycles. The van der Waals surface area contributed by atoms with E-state index in [0.717, 1.165) is 23.3 Å². The Morgan fingerprint density at radius 2 is 2.05 bits per heavy atom. The zero-order valence-corrected chi connectivity index (χ0v) is 14.8. The summed E-state index contributed by atoms with van der Waals surface area (Å²) in [5, 5.41) is 4.97. The number of amides is 1. The number of allylic oxidation sites excluding steroid dienone is 1. The lowest BCUT2D eigenvalue weighted by Gasteiger charge is -2.03. The summed E-state index contributed by atoms with van der Waals surface area (Å²) in [6.45, 7) is 9.94. The van der Waals surface area contributed by atoms with Crippen molar-refractivity contribution in [2.24, 2.45) is 5.92 Å². The first-order chi connectivity index (χ1) is 10.4. The van der Waals surface area contributed by atoms with Crippen LogP contribution in [0.15, 0.2) is 18.3 Å². The van der Waals surface area contributed by atoms with Crippen molar-refractivity contribution in [1.82, 2.24) is 10.3 Å². The number of aromatic nitrogens is 1. The minimum Gasteiger partial charge on any atom is -0.326 e. The van der Waals surface area contributed by atoms with Crippen LogP contribution in [0.25, 0.3) is 12.2 Å². The van der Waals surface area contributed by atoms with E-state index < -0.39 is 0 Å². The van der Waals surface area contributed by atoms with Crippen LogP contribution in [0.4, 0.5) is 0 Å². The molecule has 22 heavy (non-hydrogen) atoms. The van der Waals surface area contributed by atoms with Crippen LogP contribution in [0.2, 0.25) is 10.3 Å². The first-order valence-corrected chi connectivity index (χ1v) is 8.18. The van der Waals surface area contributed by atoms with E-state index in [-0.39, 0.29) is 11.8 Å². The summed E-state index contributed by atoms with van der Waals surface area (Å²) in [6.07, 6.45) is 6.75. The average molecular weight is 341 g/mol. The number of halogens is 2. The van der Waals surface area contributed by atoms with Gasteiger partial charge in [-0.25, -0.2) is 4.98 Å². The Kier molecular flexibility index (Phi) is 7.63. The van der Waals surface area contributed by atoms with Gasteiger partial charge in [-0.15, -0.1) is 0 Å². The Bertz CT molecular complexity index is 664. The van der Waals surface area contributed by atoms with Gasteiger partial charge in [-0.2, -0.15) is 0 Å². The summed E-state index contributed by atoms with van der Waals surface area (Å²) >= 11 is 11.9. The van der Waals surface area contributed by atoms with Crippen LogP contribution >= 0.6 is 23.2 Å². The number of nitrogens with one attached hydrogen (secondary N) is 1. The van der Waals surface area contributed by atoms with Crippen molar-refractivity contribution in [2.75, 3.05) is 0 Å². The summed E-state index contributed by atoms with van der Waals surface area (Å²) in [7, 11) is 0. The third kappa shape index (κ3) is 5.82. The van der Waals surface area contributed by atoms with Gasteiger partial charge in [0.15, 0.2) is 0 Å². The second-order valence-electron chi connectivity index (χ2n) is 5.17. The molecular formula is C17H22Cl2N2O. The van der Waals surface area contributed by atoms with Crippen LogP contribution in [0.5, 0.6) is 0 Å². The third-order valence-corrected chi connectivity index (χ3v) is 3.34. The standard InChI is InChI=1S/C14H14Cl2N2O.C3H8/c1-3-11-10(7-12(15)18-13(11)16)6-8(2)17-14(19)9-4-5-9;1-3-2/h3,6-7,9H,2,4-5H2,1H3,(H,17,19);3H2,1-2H3/b10-6-,11-3+;. The molecule has 1 aliphatic carbocycles. The fraction of sp³-hybridized carbons (Fsp3) is 0.412. The van der Waals surface area contributed by atoms with E-state index in [1.807, 2.05) is 13.0 Å². The van der Waals surface area contributed by atoms with Gasteiger partial charge in [-0.05, 0) is 37.1 Å². The molecule has 1 aromatic rings. The predicted molar refractivity (Wildman–Crippen MR) is 94.1 cm³/mol. The molecule has 1 amide bonds. The molecule has 0 spiro atoms. The fourth-order valence-electron chi connectivity index (χ4n) is 1.75. The van der Waals surface area contributed by atoms with Crippen molar-refractivity contribution < 1.29 is 4.79 Å². The zero-order chi connectivity index (χ0) is 16.7. The molecule has 1 aromatic heterocycles. The number of carbonyl (C=O) groups excluding carboxylic acids is 1. The Balaban J connectivity index is 0.000000745. The maximum atomic E-state index is 11.6. The quantitative estimate of drug-likeness (QED) is 0.856. The SMILES string of the molecule is C=C(/C=c1/cc(Cl)nc(Cl)/c1=C/C)NC(=O)C1CC1.CCC. The van der Waals surface area contributed by atoms with Crippen LogP contribution in [-0.4, -0.2) is 10.9 Å². The first-order valence-electron chi connectivity index (χ1n) is 7.42. The average Bonchev–Trinajstić information content (AvgIpc) is 3.23. The number of hydrogen-bond acceptors (Lipinski definition) is 2. The van der Waals surface area contributed by atoms with Crippen LogP contribution in [-0.2, 0) is 4.79 Å². The van der Waals surface area contributed by atoms with Crippen molar-refractivity contribution in [3.8, 4) is 0 Å². The van der Waals surface area contributed by atoms with Gasteiger partial charge in [0.05, 0.1) is 0 Å². The van der Waals surface area contributed by atoms with E-state index in [1.165, 1.54) is 6.42 Å². The molecular weight excluding hydrogens is 319 g/mol. The Morgan fingerprint density at radius 3 is 2.55 bits per heavy atom. The van der Waals surface area contributed by atoms with E-state index >= 15 is 0 Å². The normalized spacial score (nSPS) is 15.1. The molecule has 1 N–H and O–H groups in total. The molecule has 1 fully saturated rings. The Hall–Kier alpha value is -1.32. The monoisotopic (exact) mass is 340 g/mol. The Labute approximate surface area is 141 Å².